The van der Waals surface area contributed by atoms with Crippen molar-refractivity contribution in [3.63, 3.8) is 0 Å². The van der Waals surface area contributed by atoms with Gasteiger partial charge in [0.2, 0.25) is 11.1 Å². The van der Waals surface area contributed by atoms with Crippen LogP contribution in [0.25, 0.3) is 5.69 Å². The van der Waals surface area contributed by atoms with Gasteiger partial charge in [-0.1, -0.05) is 31.7 Å². The van der Waals surface area contributed by atoms with Gasteiger partial charge in [0.1, 0.15) is 0 Å². The van der Waals surface area contributed by atoms with Crippen molar-refractivity contribution in [1.29, 1.82) is 0 Å². The van der Waals surface area contributed by atoms with E-state index < -0.39 is 0 Å². The van der Waals surface area contributed by atoms with Gasteiger partial charge in [-0.25, -0.2) is 0 Å². The van der Waals surface area contributed by atoms with E-state index in [0.717, 1.165) is 18.8 Å². The van der Waals surface area contributed by atoms with Crippen molar-refractivity contribution >= 4 is 17.7 Å². The molecule has 2 aromatic rings. The third kappa shape index (κ3) is 4.09. The molecule has 7 heteroatoms. The molecule has 3 rings (SSSR count). The van der Waals surface area contributed by atoms with E-state index in [9.17, 15) is 4.79 Å². The van der Waals surface area contributed by atoms with Crippen LogP contribution < -0.4 is 0 Å². The molecule has 1 aromatic heterocycles. The molecule has 2 heterocycles. The first kappa shape index (κ1) is 18.9. The molecule has 1 saturated heterocycles. The lowest BCUT2D eigenvalue weighted by molar-refractivity contribution is -0.132. The Labute approximate surface area is 159 Å². The van der Waals surface area contributed by atoms with Gasteiger partial charge in [-0.05, 0) is 72.7 Å². The molecule has 1 aliphatic rings. The summed E-state index contributed by atoms with van der Waals surface area (Å²) in [6.45, 7) is 12.2. The predicted molar refractivity (Wildman–Crippen MR) is 103 cm³/mol. The predicted octanol–water partition coefficient (Wildman–Crippen LogP) is 3.26. The Morgan fingerprint density at radius 1 is 1.19 bits per heavy atom. The quantitative estimate of drug-likeness (QED) is 0.770. The molecule has 0 N–H and O–H groups in total. The van der Waals surface area contributed by atoms with Crippen molar-refractivity contribution < 1.29 is 4.79 Å². The zero-order valence-electron chi connectivity index (χ0n) is 16.1. The van der Waals surface area contributed by atoms with Gasteiger partial charge in [0.05, 0.1) is 10.9 Å². The number of amides is 1. The van der Waals surface area contributed by atoms with Crippen LogP contribution in [0.15, 0.2) is 23.4 Å². The highest BCUT2D eigenvalue weighted by Crippen LogP contribution is 2.27. The molecule has 0 aliphatic carbocycles. The monoisotopic (exact) mass is 373 g/mol. The number of aromatic nitrogens is 4. The number of carbonyl (C=O) groups excluding carboxylic acids is 1. The number of hydrogen-bond acceptors (Lipinski definition) is 5. The summed E-state index contributed by atoms with van der Waals surface area (Å²) in [6, 6.07) is 6.13. The van der Waals surface area contributed by atoms with Crippen LogP contribution in [-0.4, -0.2) is 49.4 Å². The van der Waals surface area contributed by atoms with Gasteiger partial charge >= 0.3 is 0 Å². The van der Waals surface area contributed by atoms with Crippen LogP contribution in [0.2, 0.25) is 0 Å². The van der Waals surface area contributed by atoms with E-state index in [1.807, 2.05) is 17.9 Å². The number of likely N-dealkylation sites (tertiary alicyclic amines) is 1. The molecule has 6 nitrogen and oxygen atoms in total. The number of nitrogens with zero attached hydrogens (tertiary/aromatic N) is 5. The Morgan fingerprint density at radius 3 is 2.54 bits per heavy atom. The average Bonchev–Trinajstić information content (AvgIpc) is 3.03. The summed E-state index contributed by atoms with van der Waals surface area (Å²) in [5, 5.41) is 12.5. The number of rotatable bonds is 4. The van der Waals surface area contributed by atoms with Gasteiger partial charge in [-0.3, -0.25) is 4.79 Å². The van der Waals surface area contributed by atoms with Crippen LogP contribution in [0.4, 0.5) is 0 Å². The summed E-state index contributed by atoms with van der Waals surface area (Å²) in [6.07, 6.45) is 1.19. The summed E-state index contributed by atoms with van der Waals surface area (Å²) in [5.41, 5.74) is 3.34. The Balaban J connectivity index is 1.74. The number of tetrazole rings is 1. The van der Waals surface area contributed by atoms with Crippen LogP contribution >= 0.6 is 11.8 Å². The molecule has 0 radical (unpaired) electrons. The van der Waals surface area contributed by atoms with E-state index in [0.29, 0.717) is 17.0 Å². The highest BCUT2D eigenvalue weighted by Gasteiger charge is 2.29. The maximum absolute atomic E-state index is 12.9. The van der Waals surface area contributed by atoms with Crippen molar-refractivity contribution in [2.24, 2.45) is 11.8 Å². The van der Waals surface area contributed by atoms with Crippen molar-refractivity contribution in [1.82, 2.24) is 25.1 Å². The lowest BCUT2D eigenvalue weighted by Crippen LogP contribution is -2.45. The second-order valence-corrected chi connectivity index (χ2v) is 8.90. The van der Waals surface area contributed by atoms with Crippen molar-refractivity contribution in [3.8, 4) is 5.69 Å². The van der Waals surface area contributed by atoms with Crippen LogP contribution in [0, 0.1) is 25.7 Å². The van der Waals surface area contributed by atoms with Gasteiger partial charge < -0.3 is 4.90 Å². The first-order valence-electron chi connectivity index (χ1n) is 9.16. The number of hydrogen-bond donors (Lipinski definition) is 0. The molecule has 1 amide bonds. The van der Waals surface area contributed by atoms with E-state index in [1.165, 1.54) is 29.3 Å². The molecular formula is C19H27N5OS. The van der Waals surface area contributed by atoms with Gasteiger partial charge in [0.25, 0.3) is 0 Å². The molecule has 1 aliphatic heterocycles. The fraction of sp³-hybridized carbons (Fsp3) is 0.579. The number of thioether (sulfide) groups is 1. The third-order valence-electron chi connectivity index (χ3n) is 4.99. The first-order chi connectivity index (χ1) is 12.3. The van der Waals surface area contributed by atoms with Gasteiger partial charge in [0, 0.05) is 13.1 Å². The Morgan fingerprint density at radius 2 is 1.88 bits per heavy atom. The summed E-state index contributed by atoms with van der Waals surface area (Å²) in [4.78, 5) is 14.9. The number of benzene rings is 1. The van der Waals surface area contributed by atoms with Crippen LogP contribution in [0.3, 0.4) is 0 Å². The van der Waals surface area contributed by atoms with Crippen molar-refractivity contribution in [2.45, 2.75) is 51.4 Å². The third-order valence-corrected chi connectivity index (χ3v) is 6.01. The molecule has 0 unspecified atom stereocenters. The van der Waals surface area contributed by atoms with Crippen molar-refractivity contribution in [3.05, 3.63) is 29.3 Å². The average molecular weight is 374 g/mol. The topological polar surface area (TPSA) is 63.9 Å². The Bertz CT molecular complexity index is 780. The summed E-state index contributed by atoms with van der Waals surface area (Å²) in [5.74, 6) is 1.28. The minimum absolute atomic E-state index is 0.169. The lowest BCUT2D eigenvalue weighted by atomic mass is 9.92. The lowest BCUT2D eigenvalue weighted by Gasteiger charge is -2.36. The fourth-order valence-electron chi connectivity index (χ4n) is 3.58. The molecule has 1 fully saturated rings. The second kappa shape index (κ2) is 7.78. The molecule has 0 spiro atoms. The largest absolute Gasteiger partial charge is 0.341 e. The van der Waals surface area contributed by atoms with E-state index in [1.54, 1.807) is 4.68 Å². The molecule has 3 atom stereocenters. The zero-order valence-corrected chi connectivity index (χ0v) is 17.0. The minimum Gasteiger partial charge on any atom is -0.341 e. The Hall–Kier alpha value is -1.89. The zero-order chi connectivity index (χ0) is 18.8. The smallest absolute Gasteiger partial charge is 0.235 e. The summed E-state index contributed by atoms with van der Waals surface area (Å²) in [7, 11) is 0. The summed E-state index contributed by atoms with van der Waals surface area (Å²) < 4.78 is 1.71. The van der Waals surface area contributed by atoms with Gasteiger partial charge in [-0.15, -0.1) is 5.10 Å². The highest BCUT2D eigenvalue weighted by molar-refractivity contribution is 8.00. The van der Waals surface area contributed by atoms with E-state index >= 15 is 0 Å². The Kier molecular flexibility index (Phi) is 5.65. The fourth-order valence-corrected chi connectivity index (χ4v) is 4.47. The molecule has 1 aromatic carbocycles. The summed E-state index contributed by atoms with van der Waals surface area (Å²) >= 11 is 1.42. The SMILES string of the molecule is Cc1ccc(-n2nnnc2S[C@@H](C)C(=O)N2C[C@@H](C)C[C@H](C)C2)cc1C. The second-order valence-electron chi connectivity index (χ2n) is 7.59. The molecule has 26 heavy (non-hydrogen) atoms. The number of aryl methyl sites for hydroxylation is 2. The van der Waals surface area contributed by atoms with Crippen molar-refractivity contribution in [2.75, 3.05) is 13.1 Å². The van der Waals surface area contributed by atoms with Crippen LogP contribution in [-0.2, 0) is 4.79 Å². The van der Waals surface area contributed by atoms with E-state index in [-0.39, 0.29) is 11.2 Å². The first-order valence-corrected chi connectivity index (χ1v) is 10.0. The van der Waals surface area contributed by atoms with Gasteiger partial charge in [0.15, 0.2) is 0 Å². The van der Waals surface area contributed by atoms with Gasteiger partial charge in [-0.2, -0.15) is 4.68 Å². The standard InChI is InChI=1S/C19H27N5OS/c1-12-8-13(2)11-23(10-12)18(25)16(5)26-19-20-21-22-24(19)17-7-6-14(3)15(4)9-17/h6-7,9,12-13,16H,8,10-11H2,1-5H3/t12-,13-,16-/m0/s1. The van der Waals surface area contributed by atoms with Crippen LogP contribution in [0.5, 0.6) is 0 Å². The highest BCUT2D eigenvalue weighted by atomic mass is 32.2. The minimum atomic E-state index is -0.219. The molecule has 0 saturated carbocycles. The number of piperidine rings is 1. The van der Waals surface area contributed by atoms with E-state index in [4.69, 9.17) is 0 Å². The molecular weight excluding hydrogens is 346 g/mol. The maximum atomic E-state index is 12.9. The number of carbonyl (C=O) groups is 1. The van der Waals surface area contributed by atoms with Crippen LogP contribution in [0.1, 0.15) is 38.3 Å². The molecule has 140 valence electrons. The maximum Gasteiger partial charge on any atom is 0.235 e. The molecule has 0 bridgehead atoms. The normalized spacial score (nSPS) is 21.7. The van der Waals surface area contributed by atoms with E-state index in [2.05, 4.69) is 55.4 Å².